The van der Waals surface area contributed by atoms with Crippen molar-refractivity contribution in [2.75, 3.05) is 0 Å². The van der Waals surface area contributed by atoms with Gasteiger partial charge in [-0.1, -0.05) is 72.4 Å². The number of hydrogen-bond donors (Lipinski definition) is 0. The van der Waals surface area contributed by atoms with Crippen molar-refractivity contribution in [1.29, 1.82) is 0 Å². The predicted octanol–water partition coefficient (Wildman–Crippen LogP) is 4.28. The molecule has 0 aliphatic heterocycles. The summed E-state index contributed by atoms with van der Waals surface area (Å²) in [6, 6.07) is 18.9. The second-order valence-corrected chi connectivity index (χ2v) is 5.88. The van der Waals surface area contributed by atoms with Crippen molar-refractivity contribution in [3.63, 3.8) is 0 Å². The van der Waals surface area contributed by atoms with Gasteiger partial charge in [0.1, 0.15) is 0 Å². The molecule has 0 amide bonds. The topological polar surface area (TPSA) is 34.1 Å². The van der Waals surface area contributed by atoms with E-state index in [1.165, 1.54) is 18.7 Å². The Labute approximate surface area is 123 Å². The standard InChI is InChI=1S/C17H16O2S/c1-13(18)20-17(15-10-6-3-7-11-15)12-16(19)14-8-4-2-5-9-14/h2-11,17H,12H2,1H3/t17-/m0/s1. The van der Waals surface area contributed by atoms with Gasteiger partial charge in [0.25, 0.3) is 0 Å². The van der Waals surface area contributed by atoms with Gasteiger partial charge in [0, 0.05) is 24.2 Å². The van der Waals surface area contributed by atoms with E-state index in [0.29, 0.717) is 12.0 Å². The molecule has 0 aliphatic rings. The summed E-state index contributed by atoms with van der Waals surface area (Å²) in [5, 5.41) is -0.0962. The maximum absolute atomic E-state index is 12.3. The number of carbonyl (C=O) groups excluding carboxylic acids is 2. The molecule has 3 heteroatoms. The lowest BCUT2D eigenvalue weighted by molar-refractivity contribution is -0.109. The Balaban J connectivity index is 2.16. The average Bonchev–Trinajstić information content (AvgIpc) is 2.48. The molecule has 2 nitrogen and oxygen atoms in total. The fraction of sp³-hybridized carbons (Fsp3) is 0.176. The van der Waals surface area contributed by atoms with Crippen LogP contribution in [0, 0.1) is 0 Å². The van der Waals surface area contributed by atoms with Gasteiger partial charge in [0.05, 0.1) is 0 Å². The number of thioether (sulfide) groups is 1. The summed E-state index contributed by atoms with van der Waals surface area (Å²) < 4.78 is 0. The van der Waals surface area contributed by atoms with Gasteiger partial charge in [-0.05, 0) is 5.56 Å². The lowest BCUT2D eigenvalue weighted by atomic mass is 10.0. The molecule has 0 bridgehead atoms. The van der Waals surface area contributed by atoms with Gasteiger partial charge < -0.3 is 0 Å². The molecule has 20 heavy (non-hydrogen) atoms. The third-order valence-electron chi connectivity index (χ3n) is 2.95. The Morgan fingerprint density at radius 3 is 2.05 bits per heavy atom. The molecular weight excluding hydrogens is 268 g/mol. The van der Waals surface area contributed by atoms with Crippen LogP contribution in [-0.2, 0) is 4.79 Å². The number of ketones is 1. The van der Waals surface area contributed by atoms with Gasteiger partial charge in [-0.25, -0.2) is 0 Å². The molecule has 0 aromatic heterocycles. The average molecular weight is 284 g/mol. The van der Waals surface area contributed by atoms with Crippen molar-refractivity contribution in [1.82, 2.24) is 0 Å². The van der Waals surface area contributed by atoms with E-state index in [1.54, 1.807) is 0 Å². The van der Waals surface area contributed by atoms with Crippen molar-refractivity contribution in [2.45, 2.75) is 18.6 Å². The van der Waals surface area contributed by atoms with Gasteiger partial charge in [0.15, 0.2) is 10.9 Å². The molecule has 0 saturated carbocycles. The summed E-state index contributed by atoms with van der Waals surface area (Å²) in [4.78, 5) is 23.7. The zero-order valence-corrected chi connectivity index (χ0v) is 12.1. The van der Waals surface area contributed by atoms with E-state index in [0.717, 1.165) is 5.56 Å². The van der Waals surface area contributed by atoms with Crippen LogP contribution in [0.15, 0.2) is 60.7 Å². The number of rotatable bonds is 5. The molecule has 0 heterocycles. The number of hydrogen-bond acceptors (Lipinski definition) is 3. The van der Waals surface area contributed by atoms with Crippen LogP contribution in [0.2, 0.25) is 0 Å². The largest absolute Gasteiger partial charge is 0.294 e. The van der Waals surface area contributed by atoms with Crippen LogP contribution in [0.4, 0.5) is 0 Å². The van der Waals surface area contributed by atoms with Crippen LogP contribution in [0.25, 0.3) is 0 Å². The molecular formula is C17H16O2S. The van der Waals surface area contributed by atoms with E-state index in [4.69, 9.17) is 0 Å². The van der Waals surface area contributed by atoms with E-state index in [9.17, 15) is 9.59 Å². The molecule has 0 unspecified atom stereocenters. The molecule has 2 aromatic rings. The van der Waals surface area contributed by atoms with E-state index in [2.05, 4.69) is 0 Å². The highest BCUT2D eigenvalue weighted by Gasteiger charge is 2.19. The maximum atomic E-state index is 12.3. The normalized spacial score (nSPS) is 11.8. The summed E-state index contributed by atoms with van der Waals surface area (Å²) in [6.45, 7) is 1.54. The van der Waals surface area contributed by atoms with Crippen LogP contribution in [0.5, 0.6) is 0 Å². The van der Waals surface area contributed by atoms with Crippen LogP contribution >= 0.6 is 11.8 Å². The number of carbonyl (C=O) groups is 2. The minimum absolute atomic E-state index is 0.0275. The Kier molecular flexibility index (Phi) is 5.13. The summed E-state index contributed by atoms with van der Waals surface area (Å²) in [5.41, 5.74) is 1.70. The second kappa shape index (κ2) is 7.06. The highest BCUT2D eigenvalue weighted by atomic mass is 32.2. The minimum Gasteiger partial charge on any atom is -0.294 e. The highest BCUT2D eigenvalue weighted by molar-refractivity contribution is 8.13. The van der Waals surface area contributed by atoms with E-state index >= 15 is 0 Å². The van der Waals surface area contributed by atoms with Crippen LogP contribution < -0.4 is 0 Å². The first-order chi connectivity index (χ1) is 9.66. The molecule has 102 valence electrons. The third-order valence-corrected chi connectivity index (χ3v) is 4.00. The first-order valence-electron chi connectivity index (χ1n) is 6.47. The zero-order valence-electron chi connectivity index (χ0n) is 11.3. The molecule has 0 aliphatic carbocycles. The summed E-state index contributed by atoms with van der Waals surface area (Å²) >= 11 is 1.22. The zero-order chi connectivity index (χ0) is 14.4. The maximum Gasteiger partial charge on any atom is 0.186 e. The molecule has 0 saturated heterocycles. The molecule has 0 radical (unpaired) electrons. The fourth-order valence-corrected chi connectivity index (χ4v) is 2.93. The number of benzene rings is 2. The molecule has 2 aromatic carbocycles. The molecule has 0 spiro atoms. The Bertz CT molecular complexity index is 578. The third kappa shape index (κ3) is 4.07. The van der Waals surface area contributed by atoms with Crippen molar-refractivity contribution >= 4 is 22.7 Å². The first-order valence-corrected chi connectivity index (χ1v) is 7.35. The summed E-state index contributed by atoms with van der Waals surface area (Å²) in [6.07, 6.45) is 0.332. The van der Waals surface area contributed by atoms with E-state index < -0.39 is 0 Å². The van der Waals surface area contributed by atoms with E-state index in [-0.39, 0.29) is 16.1 Å². The monoisotopic (exact) mass is 284 g/mol. The molecule has 1 atom stereocenters. The fourth-order valence-electron chi connectivity index (χ4n) is 2.01. The summed E-state index contributed by atoms with van der Waals surface area (Å²) in [5.74, 6) is 0.0632. The summed E-state index contributed by atoms with van der Waals surface area (Å²) in [7, 11) is 0. The van der Waals surface area contributed by atoms with Crippen LogP contribution in [0.1, 0.15) is 34.5 Å². The van der Waals surface area contributed by atoms with Gasteiger partial charge in [0.2, 0.25) is 0 Å². The Morgan fingerprint density at radius 1 is 0.950 bits per heavy atom. The van der Waals surface area contributed by atoms with Crippen molar-refractivity contribution in [3.8, 4) is 0 Å². The quantitative estimate of drug-likeness (QED) is 0.768. The molecule has 2 rings (SSSR count). The highest BCUT2D eigenvalue weighted by Crippen LogP contribution is 2.33. The van der Waals surface area contributed by atoms with E-state index in [1.807, 2.05) is 60.7 Å². The Morgan fingerprint density at radius 2 is 1.50 bits per heavy atom. The van der Waals surface area contributed by atoms with Gasteiger partial charge >= 0.3 is 0 Å². The number of Topliss-reactive ketones (excluding diaryl/α,β-unsaturated/α-hetero) is 1. The van der Waals surface area contributed by atoms with Crippen molar-refractivity contribution < 1.29 is 9.59 Å². The SMILES string of the molecule is CC(=O)S[C@@H](CC(=O)c1ccccc1)c1ccccc1. The molecule has 0 fully saturated rings. The van der Waals surface area contributed by atoms with Crippen molar-refractivity contribution in [2.24, 2.45) is 0 Å². The van der Waals surface area contributed by atoms with Gasteiger partial charge in [-0.2, -0.15) is 0 Å². The molecule has 0 N–H and O–H groups in total. The van der Waals surface area contributed by atoms with Gasteiger partial charge in [-0.3, -0.25) is 9.59 Å². The van der Waals surface area contributed by atoms with Gasteiger partial charge in [-0.15, -0.1) is 0 Å². The van der Waals surface area contributed by atoms with Crippen LogP contribution in [-0.4, -0.2) is 10.9 Å². The predicted molar refractivity (Wildman–Crippen MR) is 82.8 cm³/mol. The lowest BCUT2D eigenvalue weighted by Gasteiger charge is -2.14. The smallest absolute Gasteiger partial charge is 0.186 e. The Hall–Kier alpha value is -1.87. The van der Waals surface area contributed by atoms with Crippen molar-refractivity contribution in [3.05, 3.63) is 71.8 Å². The van der Waals surface area contributed by atoms with Crippen LogP contribution in [0.3, 0.4) is 0 Å². The minimum atomic E-state index is -0.124. The first kappa shape index (κ1) is 14.5. The second-order valence-electron chi connectivity index (χ2n) is 4.50. The lowest BCUT2D eigenvalue weighted by Crippen LogP contribution is -2.06.